The smallest absolute Gasteiger partial charge is 0.292 e. The van der Waals surface area contributed by atoms with Crippen molar-refractivity contribution in [3.05, 3.63) is 99.5 Å². The van der Waals surface area contributed by atoms with E-state index in [1.54, 1.807) is 16.8 Å². The number of amides is 1. The second-order valence-electron chi connectivity index (χ2n) is 7.28. The molecule has 158 valence electrons. The van der Waals surface area contributed by atoms with Crippen molar-refractivity contribution in [1.82, 2.24) is 9.78 Å². The van der Waals surface area contributed by atoms with Crippen LogP contribution in [0.3, 0.4) is 0 Å². The Morgan fingerprint density at radius 1 is 1.10 bits per heavy atom. The van der Waals surface area contributed by atoms with Crippen LogP contribution in [0.25, 0.3) is 0 Å². The van der Waals surface area contributed by atoms with Crippen molar-refractivity contribution in [3.63, 3.8) is 0 Å². The number of para-hydroxylation sites is 1. The predicted molar refractivity (Wildman–Crippen MR) is 122 cm³/mol. The monoisotopic (exact) mass is 479 g/mol. The second kappa shape index (κ2) is 9.22. The summed E-state index contributed by atoms with van der Waals surface area (Å²) >= 11 is 3.46. The van der Waals surface area contributed by atoms with Gasteiger partial charge in [-0.25, -0.2) is 0 Å². The quantitative estimate of drug-likeness (QED) is 0.367. The minimum atomic E-state index is -0.372. The van der Waals surface area contributed by atoms with Crippen LogP contribution in [0.5, 0.6) is 5.75 Å². The average molecular weight is 480 g/mol. The van der Waals surface area contributed by atoms with Crippen LogP contribution in [0.15, 0.2) is 75.8 Å². The molecule has 0 aliphatic heterocycles. The number of carbonyl (C=O) groups excluding carboxylic acids is 1. The first-order valence-electron chi connectivity index (χ1n) is 9.85. The highest BCUT2D eigenvalue weighted by Crippen LogP contribution is 2.23. The molecule has 7 heteroatoms. The summed E-state index contributed by atoms with van der Waals surface area (Å²) in [6.45, 7) is 4.88. The second-order valence-corrected chi connectivity index (χ2v) is 8.14. The summed E-state index contributed by atoms with van der Waals surface area (Å²) in [5, 5.41) is 7.24. The minimum Gasteiger partial charge on any atom is -0.485 e. The first-order valence-corrected chi connectivity index (χ1v) is 10.6. The molecular weight excluding hydrogens is 458 g/mol. The molecule has 0 aliphatic carbocycles. The normalized spacial score (nSPS) is 10.8. The molecule has 0 bridgehead atoms. The van der Waals surface area contributed by atoms with E-state index in [-0.39, 0.29) is 18.3 Å². The number of nitrogens with one attached hydrogen (secondary N) is 1. The van der Waals surface area contributed by atoms with Gasteiger partial charge in [-0.1, -0.05) is 48.0 Å². The molecule has 4 rings (SSSR count). The third kappa shape index (κ3) is 5.24. The van der Waals surface area contributed by atoms with E-state index < -0.39 is 0 Å². The van der Waals surface area contributed by atoms with Gasteiger partial charge in [0.25, 0.3) is 5.91 Å². The lowest BCUT2D eigenvalue weighted by molar-refractivity contribution is 0.0992. The Labute approximate surface area is 189 Å². The van der Waals surface area contributed by atoms with Crippen molar-refractivity contribution < 1.29 is 13.9 Å². The van der Waals surface area contributed by atoms with E-state index in [2.05, 4.69) is 57.5 Å². The highest BCUT2D eigenvalue weighted by Gasteiger charge is 2.16. The fourth-order valence-corrected chi connectivity index (χ4v) is 3.47. The van der Waals surface area contributed by atoms with E-state index in [1.165, 1.54) is 5.56 Å². The van der Waals surface area contributed by atoms with E-state index in [9.17, 15) is 4.79 Å². The molecule has 2 aromatic carbocycles. The fourth-order valence-electron chi connectivity index (χ4n) is 3.06. The molecule has 0 saturated carbocycles. The van der Waals surface area contributed by atoms with Crippen molar-refractivity contribution in [2.24, 2.45) is 0 Å². The lowest BCUT2D eigenvalue weighted by Gasteiger charge is -2.06. The summed E-state index contributed by atoms with van der Waals surface area (Å²) in [5.41, 5.74) is 3.38. The molecule has 6 nitrogen and oxygen atoms in total. The van der Waals surface area contributed by atoms with Gasteiger partial charge in [0.2, 0.25) is 0 Å². The Bertz CT molecular complexity index is 1200. The molecule has 2 heterocycles. The number of hydrogen-bond acceptors (Lipinski definition) is 4. The van der Waals surface area contributed by atoms with Gasteiger partial charge < -0.3 is 14.5 Å². The van der Waals surface area contributed by atoms with Crippen LogP contribution in [0.4, 0.5) is 5.82 Å². The van der Waals surface area contributed by atoms with Crippen LogP contribution < -0.4 is 10.1 Å². The number of benzene rings is 2. The van der Waals surface area contributed by atoms with Crippen LogP contribution >= 0.6 is 15.9 Å². The van der Waals surface area contributed by atoms with Gasteiger partial charge in [0, 0.05) is 6.20 Å². The molecule has 1 amide bonds. The van der Waals surface area contributed by atoms with Gasteiger partial charge >= 0.3 is 0 Å². The Morgan fingerprint density at radius 2 is 1.87 bits per heavy atom. The lowest BCUT2D eigenvalue weighted by Crippen LogP contribution is -2.12. The van der Waals surface area contributed by atoms with Crippen molar-refractivity contribution >= 4 is 27.7 Å². The van der Waals surface area contributed by atoms with E-state index >= 15 is 0 Å². The number of aryl methyl sites for hydroxylation is 2. The average Bonchev–Trinajstić information content (AvgIpc) is 3.36. The topological polar surface area (TPSA) is 69.3 Å². The summed E-state index contributed by atoms with van der Waals surface area (Å²) in [5.74, 6) is 1.61. The van der Waals surface area contributed by atoms with Gasteiger partial charge in [-0.2, -0.15) is 5.10 Å². The van der Waals surface area contributed by atoms with Gasteiger partial charge in [0.05, 0.1) is 11.0 Å². The van der Waals surface area contributed by atoms with Crippen molar-refractivity contribution in [2.45, 2.75) is 27.0 Å². The Balaban J connectivity index is 1.38. The van der Waals surface area contributed by atoms with Crippen LogP contribution in [0.2, 0.25) is 0 Å². The highest BCUT2D eigenvalue weighted by atomic mass is 79.9. The van der Waals surface area contributed by atoms with E-state index in [1.807, 2.05) is 37.4 Å². The molecular formula is C24H22BrN3O3. The molecule has 0 atom stereocenters. The third-order valence-electron chi connectivity index (χ3n) is 4.76. The predicted octanol–water partition coefficient (Wildman–Crippen LogP) is 5.74. The number of rotatable bonds is 7. The zero-order valence-corrected chi connectivity index (χ0v) is 18.8. The maximum Gasteiger partial charge on any atom is 0.292 e. The number of aromatic nitrogens is 2. The molecule has 4 aromatic rings. The molecule has 0 aliphatic rings. The number of carbonyl (C=O) groups is 1. The van der Waals surface area contributed by atoms with Gasteiger partial charge in [0.1, 0.15) is 18.1 Å². The van der Waals surface area contributed by atoms with E-state index in [0.29, 0.717) is 22.6 Å². The fraction of sp³-hybridized carbons (Fsp3) is 0.167. The molecule has 0 saturated heterocycles. The number of nitrogens with zero attached hydrogens (tertiary/aromatic N) is 2. The van der Waals surface area contributed by atoms with Gasteiger partial charge in [-0.15, -0.1) is 0 Å². The molecule has 0 unspecified atom stereocenters. The first kappa shape index (κ1) is 20.9. The standard InChI is InChI=1S/C24H22BrN3O3/c1-16-7-9-18(10-8-16)13-28-14-20(25)23(27-28)26-24(29)22-12-11-19(31-22)15-30-21-6-4-3-5-17(21)2/h3-12,14H,13,15H2,1-2H3,(H,26,27,29). The summed E-state index contributed by atoms with van der Waals surface area (Å²) < 4.78 is 13.9. The zero-order valence-electron chi connectivity index (χ0n) is 17.3. The van der Waals surface area contributed by atoms with Gasteiger partial charge in [0.15, 0.2) is 11.6 Å². The zero-order chi connectivity index (χ0) is 21.8. The number of hydrogen-bond donors (Lipinski definition) is 1. The Hall–Kier alpha value is -3.32. The minimum absolute atomic E-state index is 0.198. The maximum atomic E-state index is 12.6. The van der Waals surface area contributed by atoms with Crippen molar-refractivity contribution in [1.29, 1.82) is 0 Å². The summed E-state index contributed by atoms with van der Waals surface area (Å²) in [4.78, 5) is 12.6. The van der Waals surface area contributed by atoms with E-state index in [4.69, 9.17) is 9.15 Å². The summed E-state index contributed by atoms with van der Waals surface area (Å²) in [7, 11) is 0. The van der Waals surface area contributed by atoms with Crippen molar-refractivity contribution in [3.8, 4) is 5.75 Å². The van der Waals surface area contributed by atoms with E-state index in [0.717, 1.165) is 16.9 Å². The van der Waals surface area contributed by atoms with Gasteiger partial charge in [-0.3, -0.25) is 9.48 Å². The van der Waals surface area contributed by atoms with Crippen LogP contribution in [-0.2, 0) is 13.2 Å². The number of ether oxygens (including phenoxy) is 1. The molecule has 2 aromatic heterocycles. The maximum absolute atomic E-state index is 12.6. The van der Waals surface area contributed by atoms with Crippen molar-refractivity contribution in [2.75, 3.05) is 5.32 Å². The summed E-state index contributed by atoms with van der Waals surface area (Å²) in [6, 6.07) is 19.4. The first-order chi connectivity index (χ1) is 15.0. The number of halogens is 1. The Kier molecular flexibility index (Phi) is 6.23. The SMILES string of the molecule is Cc1ccc(Cn2cc(Br)c(NC(=O)c3ccc(COc4ccccc4C)o3)n2)cc1. The lowest BCUT2D eigenvalue weighted by atomic mass is 10.1. The summed E-state index contributed by atoms with van der Waals surface area (Å²) in [6.07, 6.45) is 1.83. The van der Waals surface area contributed by atoms with Crippen LogP contribution in [0.1, 0.15) is 33.0 Å². The largest absolute Gasteiger partial charge is 0.485 e. The number of anilines is 1. The number of furan rings is 1. The highest BCUT2D eigenvalue weighted by molar-refractivity contribution is 9.10. The van der Waals surface area contributed by atoms with Crippen LogP contribution in [0, 0.1) is 13.8 Å². The van der Waals surface area contributed by atoms with Gasteiger partial charge in [-0.05, 0) is 59.1 Å². The molecule has 0 radical (unpaired) electrons. The molecule has 31 heavy (non-hydrogen) atoms. The molecule has 0 spiro atoms. The molecule has 0 fully saturated rings. The molecule has 1 N–H and O–H groups in total. The van der Waals surface area contributed by atoms with Crippen LogP contribution in [-0.4, -0.2) is 15.7 Å². The Morgan fingerprint density at radius 3 is 2.65 bits per heavy atom. The third-order valence-corrected chi connectivity index (χ3v) is 5.34.